The van der Waals surface area contributed by atoms with Crippen LogP contribution in [0.15, 0.2) is 21.8 Å². The Balaban J connectivity index is 2.98. The molecule has 3 nitrogen and oxygen atoms in total. The van der Waals surface area contributed by atoms with Crippen molar-refractivity contribution in [3.05, 3.63) is 27.4 Å². The van der Waals surface area contributed by atoms with E-state index in [4.69, 9.17) is 0 Å². The molecule has 1 rings (SSSR count). The summed E-state index contributed by atoms with van der Waals surface area (Å²) in [6.07, 6.45) is 3.04. The van der Waals surface area contributed by atoms with Crippen molar-refractivity contribution in [2.75, 3.05) is 0 Å². The van der Waals surface area contributed by atoms with E-state index in [1.54, 1.807) is 10.8 Å². The quantitative estimate of drug-likeness (QED) is 0.775. The van der Waals surface area contributed by atoms with Gasteiger partial charge in [0.1, 0.15) is 4.60 Å². The fraction of sp³-hybridized carbons (Fsp3) is 0.500. The van der Waals surface area contributed by atoms with Crippen LogP contribution in [-0.2, 0) is 6.54 Å². The SMILES string of the molecule is CC(C)Cn1cc(Br)ncc1=O. The largest absolute Gasteiger partial charge is 0.311 e. The lowest BCUT2D eigenvalue weighted by atomic mass is 10.2. The zero-order valence-corrected chi connectivity index (χ0v) is 8.71. The molecule has 0 bridgehead atoms. The molecule has 66 valence electrons. The van der Waals surface area contributed by atoms with E-state index in [0.29, 0.717) is 10.5 Å². The van der Waals surface area contributed by atoms with Gasteiger partial charge in [0.15, 0.2) is 0 Å². The molecular formula is C8H11BrN2O. The van der Waals surface area contributed by atoms with E-state index < -0.39 is 0 Å². The number of hydrogen-bond acceptors (Lipinski definition) is 2. The molecule has 0 amide bonds. The predicted octanol–water partition coefficient (Wildman–Crippen LogP) is 1.66. The Bertz CT molecular complexity index is 319. The first-order chi connectivity index (χ1) is 5.59. The molecule has 0 N–H and O–H groups in total. The monoisotopic (exact) mass is 230 g/mol. The van der Waals surface area contributed by atoms with Crippen LogP contribution in [0.25, 0.3) is 0 Å². The summed E-state index contributed by atoms with van der Waals surface area (Å²) in [6, 6.07) is 0. The molecule has 0 saturated carbocycles. The Hall–Kier alpha value is -0.640. The molecule has 12 heavy (non-hydrogen) atoms. The maximum atomic E-state index is 11.2. The van der Waals surface area contributed by atoms with Crippen molar-refractivity contribution in [1.29, 1.82) is 0 Å². The third kappa shape index (κ3) is 2.44. The van der Waals surface area contributed by atoms with Crippen molar-refractivity contribution < 1.29 is 0 Å². The van der Waals surface area contributed by atoms with Crippen LogP contribution in [0.2, 0.25) is 0 Å². The van der Waals surface area contributed by atoms with Gasteiger partial charge in [-0.3, -0.25) is 4.79 Å². The number of aromatic nitrogens is 2. The summed E-state index contributed by atoms with van der Waals surface area (Å²) in [5.74, 6) is 0.469. The summed E-state index contributed by atoms with van der Waals surface area (Å²) < 4.78 is 2.35. The summed E-state index contributed by atoms with van der Waals surface area (Å²) in [5, 5.41) is 0. The van der Waals surface area contributed by atoms with Crippen molar-refractivity contribution in [3.63, 3.8) is 0 Å². The summed E-state index contributed by atoms with van der Waals surface area (Å²) in [6.45, 7) is 4.88. The van der Waals surface area contributed by atoms with Crippen LogP contribution in [0.4, 0.5) is 0 Å². The normalized spacial score (nSPS) is 10.7. The van der Waals surface area contributed by atoms with E-state index >= 15 is 0 Å². The van der Waals surface area contributed by atoms with Crippen LogP contribution in [0, 0.1) is 5.92 Å². The van der Waals surface area contributed by atoms with Gasteiger partial charge in [0, 0.05) is 12.7 Å². The third-order valence-electron chi connectivity index (χ3n) is 1.41. The minimum Gasteiger partial charge on any atom is -0.311 e. The average molecular weight is 231 g/mol. The van der Waals surface area contributed by atoms with E-state index in [9.17, 15) is 4.79 Å². The third-order valence-corrected chi connectivity index (χ3v) is 1.82. The average Bonchev–Trinajstić information content (AvgIpc) is 1.96. The zero-order chi connectivity index (χ0) is 9.14. The Morgan fingerprint density at radius 3 is 2.92 bits per heavy atom. The Morgan fingerprint density at radius 2 is 2.33 bits per heavy atom. The van der Waals surface area contributed by atoms with Gasteiger partial charge in [0.25, 0.3) is 5.56 Å². The van der Waals surface area contributed by atoms with Crippen LogP contribution in [0.1, 0.15) is 13.8 Å². The molecule has 1 aromatic rings. The molecule has 4 heteroatoms. The number of hydrogen-bond donors (Lipinski definition) is 0. The van der Waals surface area contributed by atoms with Crippen molar-refractivity contribution in [2.24, 2.45) is 5.92 Å². The standard InChI is InChI=1S/C8H11BrN2O/c1-6(2)4-11-5-7(9)10-3-8(11)12/h3,5-6H,4H2,1-2H3. The molecular weight excluding hydrogens is 220 g/mol. The maximum absolute atomic E-state index is 11.2. The van der Waals surface area contributed by atoms with E-state index in [2.05, 4.69) is 34.8 Å². The molecule has 0 aliphatic rings. The molecule has 1 aromatic heterocycles. The van der Waals surface area contributed by atoms with Crippen LogP contribution >= 0.6 is 15.9 Å². The van der Waals surface area contributed by atoms with Gasteiger partial charge in [0.2, 0.25) is 0 Å². The minimum absolute atomic E-state index is 0.0492. The first kappa shape index (κ1) is 9.45. The summed E-state index contributed by atoms with van der Waals surface area (Å²) in [4.78, 5) is 15.0. The van der Waals surface area contributed by atoms with Gasteiger partial charge in [-0.05, 0) is 21.8 Å². The first-order valence-corrected chi connectivity index (χ1v) is 4.61. The highest BCUT2D eigenvalue weighted by atomic mass is 79.9. The van der Waals surface area contributed by atoms with Crippen molar-refractivity contribution in [2.45, 2.75) is 20.4 Å². The van der Waals surface area contributed by atoms with Gasteiger partial charge in [-0.25, -0.2) is 4.98 Å². The van der Waals surface area contributed by atoms with E-state index in [0.717, 1.165) is 6.54 Å². The van der Waals surface area contributed by atoms with Crippen LogP contribution < -0.4 is 5.56 Å². The van der Waals surface area contributed by atoms with Crippen molar-refractivity contribution >= 4 is 15.9 Å². The minimum atomic E-state index is -0.0492. The number of nitrogens with zero attached hydrogens (tertiary/aromatic N) is 2. The molecule has 0 aliphatic heterocycles. The molecule has 1 heterocycles. The van der Waals surface area contributed by atoms with Gasteiger partial charge < -0.3 is 4.57 Å². The second-order valence-corrected chi connectivity index (χ2v) is 3.91. The molecule has 0 unspecified atom stereocenters. The highest BCUT2D eigenvalue weighted by molar-refractivity contribution is 9.10. The molecule has 0 radical (unpaired) electrons. The Morgan fingerprint density at radius 1 is 1.67 bits per heavy atom. The van der Waals surface area contributed by atoms with Crippen molar-refractivity contribution in [1.82, 2.24) is 9.55 Å². The summed E-state index contributed by atoms with van der Waals surface area (Å²) in [5.41, 5.74) is -0.0492. The smallest absolute Gasteiger partial charge is 0.269 e. The van der Waals surface area contributed by atoms with Gasteiger partial charge in [-0.1, -0.05) is 13.8 Å². The molecule has 0 saturated heterocycles. The highest BCUT2D eigenvalue weighted by Crippen LogP contribution is 2.02. The first-order valence-electron chi connectivity index (χ1n) is 3.81. The fourth-order valence-corrected chi connectivity index (χ4v) is 1.30. The number of rotatable bonds is 2. The molecule has 0 atom stereocenters. The van der Waals surface area contributed by atoms with Gasteiger partial charge >= 0.3 is 0 Å². The summed E-state index contributed by atoms with van der Waals surface area (Å²) in [7, 11) is 0. The second kappa shape index (κ2) is 3.85. The Kier molecular flexibility index (Phi) is 3.03. The van der Waals surface area contributed by atoms with Gasteiger partial charge in [0.05, 0.1) is 6.20 Å². The zero-order valence-electron chi connectivity index (χ0n) is 7.12. The summed E-state index contributed by atoms with van der Waals surface area (Å²) >= 11 is 3.22. The van der Waals surface area contributed by atoms with E-state index in [1.807, 2.05) is 0 Å². The fourth-order valence-electron chi connectivity index (χ4n) is 0.953. The van der Waals surface area contributed by atoms with E-state index in [-0.39, 0.29) is 5.56 Å². The van der Waals surface area contributed by atoms with Crippen molar-refractivity contribution in [3.8, 4) is 0 Å². The van der Waals surface area contributed by atoms with E-state index in [1.165, 1.54) is 6.20 Å². The second-order valence-electron chi connectivity index (χ2n) is 3.09. The lowest BCUT2D eigenvalue weighted by Gasteiger charge is -2.07. The van der Waals surface area contributed by atoms with Crippen LogP contribution in [0.3, 0.4) is 0 Å². The topological polar surface area (TPSA) is 34.9 Å². The van der Waals surface area contributed by atoms with Gasteiger partial charge in [-0.2, -0.15) is 0 Å². The lowest BCUT2D eigenvalue weighted by Crippen LogP contribution is -2.21. The molecule has 0 fully saturated rings. The van der Waals surface area contributed by atoms with Crippen LogP contribution in [0.5, 0.6) is 0 Å². The van der Waals surface area contributed by atoms with Gasteiger partial charge in [-0.15, -0.1) is 0 Å². The lowest BCUT2D eigenvalue weighted by molar-refractivity contribution is 0.507. The maximum Gasteiger partial charge on any atom is 0.269 e. The number of halogens is 1. The Labute approximate surface area is 79.6 Å². The van der Waals surface area contributed by atoms with Crippen LogP contribution in [-0.4, -0.2) is 9.55 Å². The predicted molar refractivity (Wildman–Crippen MR) is 51.0 cm³/mol. The molecule has 0 aromatic carbocycles. The molecule has 0 aliphatic carbocycles. The molecule has 0 spiro atoms. The highest BCUT2D eigenvalue weighted by Gasteiger charge is 1.99.